The normalized spacial score (nSPS) is 11.6. The number of hydrogen-bond acceptors (Lipinski definition) is 4. The van der Waals surface area contributed by atoms with Gasteiger partial charge in [-0.3, -0.25) is 4.79 Å². The lowest BCUT2D eigenvalue weighted by molar-refractivity contribution is -0.152. The second kappa shape index (κ2) is 12.0. The van der Waals surface area contributed by atoms with Crippen LogP contribution in [0.2, 0.25) is 5.02 Å². The van der Waals surface area contributed by atoms with Crippen molar-refractivity contribution in [3.8, 4) is 0 Å². The SMILES string of the molecule is CC.CC.Cn1ncc(SNC(c2ccc(Cl)cc2)C(F)(F)F)cc1=O. The molecule has 2 rings (SSSR count). The van der Waals surface area contributed by atoms with Crippen molar-refractivity contribution in [3.63, 3.8) is 0 Å². The maximum absolute atomic E-state index is 13.2. The molecule has 0 spiro atoms. The van der Waals surface area contributed by atoms with E-state index in [1.807, 2.05) is 27.7 Å². The molecule has 1 heterocycles. The molecule has 0 aliphatic carbocycles. The van der Waals surface area contributed by atoms with Gasteiger partial charge in [-0.2, -0.15) is 18.3 Å². The summed E-state index contributed by atoms with van der Waals surface area (Å²) in [5, 5.41) is 4.10. The van der Waals surface area contributed by atoms with Crippen molar-refractivity contribution in [2.75, 3.05) is 0 Å². The van der Waals surface area contributed by atoms with E-state index in [4.69, 9.17) is 11.6 Å². The summed E-state index contributed by atoms with van der Waals surface area (Å²) in [6, 6.07) is 4.70. The average Bonchev–Trinajstić information content (AvgIpc) is 2.62. The Hall–Kier alpha value is -1.51. The molecule has 9 heteroatoms. The third-order valence-corrected chi connectivity index (χ3v) is 3.83. The van der Waals surface area contributed by atoms with Crippen LogP contribution in [-0.4, -0.2) is 16.0 Å². The number of hydrogen-bond donors (Lipinski definition) is 1. The average molecular weight is 410 g/mol. The van der Waals surface area contributed by atoms with Crippen molar-refractivity contribution in [2.45, 2.75) is 44.8 Å². The van der Waals surface area contributed by atoms with E-state index in [0.29, 0.717) is 21.9 Å². The molecule has 0 aliphatic rings. The van der Waals surface area contributed by atoms with Crippen LogP contribution in [-0.2, 0) is 7.05 Å². The quantitative estimate of drug-likeness (QED) is 0.688. The van der Waals surface area contributed by atoms with Gasteiger partial charge in [0.25, 0.3) is 5.56 Å². The molecule has 1 aromatic heterocycles. The highest BCUT2D eigenvalue weighted by molar-refractivity contribution is 7.97. The van der Waals surface area contributed by atoms with Gasteiger partial charge in [0.05, 0.1) is 6.20 Å². The smallest absolute Gasteiger partial charge is 0.268 e. The van der Waals surface area contributed by atoms with Gasteiger partial charge < -0.3 is 0 Å². The highest BCUT2D eigenvalue weighted by Gasteiger charge is 2.40. The summed E-state index contributed by atoms with van der Waals surface area (Å²) in [6.07, 6.45) is -3.18. The molecule has 4 nitrogen and oxygen atoms in total. The minimum atomic E-state index is -4.49. The molecule has 26 heavy (non-hydrogen) atoms. The predicted octanol–water partition coefficient (Wildman–Crippen LogP) is 5.39. The standard InChI is InChI=1S/C13H11ClF3N3OS.2C2H6/c1-20-11(21)6-10(7-18-20)22-19-12(13(15,16)17)8-2-4-9(14)5-3-8;2*1-2/h2-7,12,19H,1H3;2*1-2H3. The highest BCUT2D eigenvalue weighted by Crippen LogP contribution is 2.35. The Labute approximate surface area is 160 Å². The molecule has 0 amide bonds. The number of nitrogens with zero attached hydrogens (tertiary/aromatic N) is 2. The van der Waals surface area contributed by atoms with Crippen LogP contribution in [0.5, 0.6) is 0 Å². The molecular weight excluding hydrogens is 387 g/mol. The van der Waals surface area contributed by atoms with E-state index in [2.05, 4.69) is 9.82 Å². The number of alkyl halides is 3. The Morgan fingerprint density at radius 3 is 2.15 bits per heavy atom. The van der Waals surface area contributed by atoms with Crippen LogP contribution in [0.15, 0.2) is 46.2 Å². The van der Waals surface area contributed by atoms with Crippen LogP contribution in [0.3, 0.4) is 0 Å². The highest BCUT2D eigenvalue weighted by atomic mass is 35.5. The van der Waals surface area contributed by atoms with Crippen LogP contribution < -0.4 is 10.3 Å². The molecular formula is C17H23ClF3N3OS. The first-order chi connectivity index (χ1) is 12.3. The summed E-state index contributed by atoms with van der Waals surface area (Å²) >= 11 is 6.38. The van der Waals surface area contributed by atoms with E-state index < -0.39 is 17.8 Å². The molecule has 1 atom stereocenters. The number of benzene rings is 1. The Morgan fingerprint density at radius 1 is 1.15 bits per heavy atom. The number of nitrogens with one attached hydrogen (secondary N) is 1. The summed E-state index contributed by atoms with van der Waals surface area (Å²) in [7, 11) is 1.45. The molecule has 0 radical (unpaired) electrons. The molecule has 0 saturated carbocycles. The fourth-order valence-corrected chi connectivity index (χ4v) is 2.52. The molecule has 0 saturated heterocycles. The van der Waals surface area contributed by atoms with Gasteiger partial charge in [-0.15, -0.1) is 0 Å². The molecule has 1 unspecified atom stereocenters. The van der Waals surface area contributed by atoms with Gasteiger partial charge in [0.2, 0.25) is 0 Å². The van der Waals surface area contributed by atoms with Gasteiger partial charge in [-0.25, -0.2) is 9.40 Å². The van der Waals surface area contributed by atoms with E-state index in [-0.39, 0.29) is 5.56 Å². The predicted molar refractivity (Wildman–Crippen MR) is 101 cm³/mol. The number of rotatable bonds is 4. The van der Waals surface area contributed by atoms with Crippen molar-refractivity contribution < 1.29 is 13.2 Å². The van der Waals surface area contributed by atoms with E-state index in [1.54, 1.807) is 0 Å². The summed E-state index contributed by atoms with van der Waals surface area (Å²) in [6.45, 7) is 8.00. The first-order valence-corrected chi connectivity index (χ1v) is 9.25. The van der Waals surface area contributed by atoms with Crippen molar-refractivity contribution in [1.82, 2.24) is 14.5 Å². The molecule has 1 N–H and O–H groups in total. The van der Waals surface area contributed by atoms with Gasteiger partial charge in [-0.1, -0.05) is 51.4 Å². The summed E-state index contributed by atoms with van der Waals surface area (Å²) in [4.78, 5) is 11.7. The number of aromatic nitrogens is 2. The molecule has 2 aromatic rings. The van der Waals surface area contributed by atoms with Crippen molar-refractivity contribution in [1.29, 1.82) is 0 Å². The van der Waals surface area contributed by atoms with Gasteiger partial charge in [0.15, 0.2) is 0 Å². The zero-order valence-corrected chi connectivity index (χ0v) is 16.8. The molecule has 146 valence electrons. The third-order valence-electron chi connectivity index (χ3n) is 2.77. The lowest BCUT2D eigenvalue weighted by Gasteiger charge is -2.21. The Morgan fingerprint density at radius 2 is 1.69 bits per heavy atom. The second-order valence-corrected chi connectivity index (χ2v) is 5.75. The van der Waals surface area contributed by atoms with Crippen LogP contribution in [0.1, 0.15) is 39.3 Å². The van der Waals surface area contributed by atoms with Gasteiger partial charge in [0, 0.05) is 23.0 Å². The van der Waals surface area contributed by atoms with Crippen LogP contribution >= 0.6 is 23.5 Å². The second-order valence-electron chi connectivity index (χ2n) is 4.40. The van der Waals surface area contributed by atoms with Crippen LogP contribution in [0.4, 0.5) is 13.2 Å². The van der Waals surface area contributed by atoms with Gasteiger partial charge >= 0.3 is 6.18 Å². The van der Waals surface area contributed by atoms with Crippen molar-refractivity contribution in [3.05, 3.63) is 57.5 Å². The Balaban J connectivity index is 0.00000146. The first kappa shape index (κ1) is 24.5. The van der Waals surface area contributed by atoms with Crippen LogP contribution in [0, 0.1) is 0 Å². The Kier molecular flexibility index (Phi) is 11.3. The van der Waals surface area contributed by atoms with E-state index in [9.17, 15) is 18.0 Å². The number of halogens is 4. The van der Waals surface area contributed by atoms with Crippen molar-refractivity contribution in [2.24, 2.45) is 7.05 Å². The minimum absolute atomic E-state index is 0.0289. The summed E-state index contributed by atoms with van der Waals surface area (Å²) < 4.78 is 42.9. The maximum Gasteiger partial charge on any atom is 0.408 e. The van der Waals surface area contributed by atoms with Crippen LogP contribution in [0.25, 0.3) is 0 Å². The monoisotopic (exact) mass is 409 g/mol. The largest absolute Gasteiger partial charge is 0.408 e. The van der Waals surface area contributed by atoms with Gasteiger partial charge in [-0.05, 0) is 29.6 Å². The maximum atomic E-state index is 13.2. The fraction of sp³-hybridized carbons (Fsp3) is 0.412. The minimum Gasteiger partial charge on any atom is -0.268 e. The van der Waals surface area contributed by atoms with Gasteiger partial charge in [0.1, 0.15) is 6.04 Å². The topological polar surface area (TPSA) is 46.9 Å². The molecule has 0 fully saturated rings. The summed E-state index contributed by atoms with van der Waals surface area (Å²) in [5.74, 6) is 0. The number of aryl methyl sites for hydroxylation is 1. The molecule has 0 aliphatic heterocycles. The summed E-state index contributed by atoms with van der Waals surface area (Å²) in [5.41, 5.74) is -0.372. The zero-order chi connectivity index (χ0) is 20.3. The first-order valence-electron chi connectivity index (χ1n) is 8.05. The van der Waals surface area contributed by atoms with E-state index in [1.165, 1.54) is 43.6 Å². The zero-order valence-electron chi connectivity index (χ0n) is 15.3. The van der Waals surface area contributed by atoms with E-state index in [0.717, 1.165) is 4.68 Å². The molecule has 0 bridgehead atoms. The van der Waals surface area contributed by atoms with Crippen molar-refractivity contribution >= 4 is 23.5 Å². The fourth-order valence-electron chi connectivity index (χ4n) is 1.61. The lowest BCUT2D eigenvalue weighted by atomic mass is 10.1. The molecule has 1 aromatic carbocycles. The third kappa shape index (κ3) is 7.80. The lowest BCUT2D eigenvalue weighted by Crippen LogP contribution is -2.30. The van der Waals surface area contributed by atoms with E-state index >= 15 is 0 Å². The Bertz CT molecular complexity index is 706.